The number of likely N-dealkylation sites (tertiary alicyclic amines) is 1. The van der Waals surface area contributed by atoms with Crippen LogP contribution in [0.2, 0.25) is 0 Å². The number of ether oxygens (including phenoxy) is 1. The van der Waals surface area contributed by atoms with E-state index in [9.17, 15) is 4.79 Å². The summed E-state index contributed by atoms with van der Waals surface area (Å²) in [6.45, 7) is 12.0. The number of rotatable bonds is 7. The summed E-state index contributed by atoms with van der Waals surface area (Å²) in [4.78, 5) is 23.2. The van der Waals surface area contributed by atoms with Crippen LogP contribution in [0.25, 0.3) is 10.4 Å². The number of aryl methyl sites for hydroxylation is 1. The lowest BCUT2D eigenvalue weighted by molar-refractivity contribution is -0.136. The van der Waals surface area contributed by atoms with Crippen molar-refractivity contribution in [2.24, 2.45) is 11.1 Å². The molecule has 6 nitrogen and oxygen atoms in total. The third kappa shape index (κ3) is 5.39. The maximum absolute atomic E-state index is 13.5. The molecule has 0 radical (unpaired) electrons. The van der Waals surface area contributed by atoms with E-state index in [1.165, 1.54) is 4.88 Å². The molecule has 1 aliphatic rings. The van der Waals surface area contributed by atoms with E-state index < -0.39 is 0 Å². The molecule has 7 heteroatoms. The van der Waals surface area contributed by atoms with E-state index in [2.05, 4.69) is 61.8 Å². The summed E-state index contributed by atoms with van der Waals surface area (Å²) in [5, 5.41) is 0. The third-order valence-corrected chi connectivity index (χ3v) is 7.83. The van der Waals surface area contributed by atoms with Crippen LogP contribution in [-0.2, 0) is 9.53 Å². The lowest BCUT2D eigenvalue weighted by Gasteiger charge is -2.35. The SMILES string of the molecule is CO[C@@H]1C[C@@H](C(=O)N(C)[C@@H](C)c2ccc(-c3scnc3C)cc2)N(C[C@@H](N)C(C)(C)C)C1. The number of hydrogen-bond donors (Lipinski definition) is 1. The van der Waals surface area contributed by atoms with Gasteiger partial charge in [-0.3, -0.25) is 9.69 Å². The van der Waals surface area contributed by atoms with E-state index >= 15 is 0 Å². The Bertz CT molecular complexity index is 905. The zero-order valence-electron chi connectivity index (χ0n) is 20.5. The Labute approximate surface area is 196 Å². The minimum Gasteiger partial charge on any atom is -0.380 e. The first-order valence-corrected chi connectivity index (χ1v) is 12.2. The molecule has 3 rings (SSSR count). The van der Waals surface area contributed by atoms with Gasteiger partial charge in [-0.2, -0.15) is 0 Å². The Morgan fingerprint density at radius 3 is 2.53 bits per heavy atom. The van der Waals surface area contributed by atoms with Gasteiger partial charge in [0.25, 0.3) is 0 Å². The van der Waals surface area contributed by atoms with Crippen molar-refractivity contribution in [3.05, 3.63) is 41.0 Å². The van der Waals surface area contributed by atoms with Crippen LogP contribution in [0.5, 0.6) is 0 Å². The number of hydrogen-bond acceptors (Lipinski definition) is 6. The average molecular weight is 459 g/mol. The highest BCUT2D eigenvalue weighted by atomic mass is 32.1. The van der Waals surface area contributed by atoms with Gasteiger partial charge in [0.05, 0.1) is 34.3 Å². The molecule has 32 heavy (non-hydrogen) atoms. The monoisotopic (exact) mass is 458 g/mol. The summed E-state index contributed by atoms with van der Waals surface area (Å²) in [7, 11) is 3.62. The Morgan fingerprint density at radius 1 is 1.34 bits per heavy atom. The Kier molecular flexibility index (Phi) is 7.76. The molecule has 0 saturated carbocycles. The second kappa shape index (κ2) is 10.00. The lowest BCUT2D eigenvalue weighted by atomic mass is 9.87. The largest absolute Gasteiger partial charge is 0.380 e. The number of methoxy groups -OCH3 is 1. The fraction of sp³-hybridized carbons (Fsp3) is 0.600. The summed E-state index contributed by atoms with van der Waals surface area (Å²) in [5.74, 6) is 0.125. The Balaban J connectivity index is 1.73. The normalized spacial score (nSPS) is 21.5. The lowest BCUT2D eigenvalue weighted by Crippen LogP contribution is -2.51. The van der Waals surface area contributed by atoms with Gasteiger partial charge in [-0.15, -0.1) is 11.3 Å². The van der Waals surface area contributed by atoms with Crippen molar-refractivity contribution in [3.8, 4) is 10.4 Å². The van der Waals surface area contributed by atoms with Gasteiger partial charge in [0.2, 0.25) is 5.91 Å². The number of nitrogens with two attached hydrogens (primary N) is 1. The molecule has 2 N–H and O–H groups in total. The molecule has 2 heterocycles. The highest BCUT2D eigenvalue weighted by molar-refractivity contribution is 7.13. The van der Waals surface area contributed by atoms with E-state index in [1.807, 2.05) is 24.4 Å². The topological polar surface area (TPSA) is 71.7 Å². The zero-order valence-corrected chi connectivity index (χ0v) is 21.3. The summed E-state index contributed by atoms with van der Waals surface area (Å²) in [5.41, 5.74) is 11.6. The van der Waals surface area contributed by atoms with Crippen molar-refractivity contribution in [1.29, 1.82) is 0 Å². The molecular weight excluding hydrogens is 420 g/mol. The highest BCUT2D eigenvalue weighted by Gasteiger charge is 2.40. The van der Waals surface area contributed by atoms with Crippen LogP contribution in [0, 0.1) is 12.3 Å². The second-order valence-electron chi connectivity index (χ2n) is 10.0. The van der Waals surface area contributed by atoms with Gasteiger partial charge in [0, 0.05) is 33.3 Å². The molecule has 1 aromatic heterocycles. The summed E-state index contributed by atoms with van der Waals surface area (Å²) < 4.78 is 5.61. The maximum atomic E-state index is 13.5. The molecule has 1 saturated heterocycles. The molecule has 2 aromatic rings. The molecule has 1 aliphatic heterocycles. The van der Waals surface area contributed by atoms with Gasteiger partial charge in [-0.05, 0) is 36.8 Å². The molecule has 176 valence electrons. The van der Waals surface area contributed by atoms with Gasteiger partial charge in [0.1, 0.15) is 0 Å². The van der Waals surface area contributed by atoms with Crippen molar-refractivity contribution in [2.75, 3.05) is 27.2 Å². The smallest absolute Gasteiger partial charge is 0.240 e. The van der Waals surface area contributed by atoms with Gasteiger partial charge in [-0.1, -0.05) is 45.0 Å². The van der Waals surface area contributed by atoms with Crippen molar-refractivity contribution in [3.63, 3.8) is 0 Å². The van der Waals surface area contributed by atoms with E-state index in [0.717, 1.165) is 23.4 Å². The first kappa shape index (κ1) is 24.8. The van der Waals surface area contributed by atoms with Crippen molar-refractivity contribution >= 4 is 17.2 Å². The summed E-state index contributed by atoms with van der Waals surface area (Å²) in [6.07, 6.45) is 0.758. The van der Waals surface area contributed by atoms with Crippen LogP contribution in [0.3, 0.4) is 0 Å². The maximum Gasteiger partial charge on any atom is 0.240 e. The first-order chi connectivity index (χ1) is 15.0. The zero-order chi connectivity index (χ0) is 23.6. The molecule has 0 unspecified atom stereocenters. The summed E-state index contributed by atoms with van der Waals surface area (Å²) in [6, 6.07) is 8.22. The predicted molar refractivity (Wildman–Crippen MR) is 132 cm³/mol. The van der Waals surface area contributed by atoms with E-state index in [-0.39, 0.29) is 35.6 Å². The van der Waals surface area contributed by atoms with Crippen LogP contribution in [0.1, 0.15) is 51.4 Å². The molecule has 1 aromatic carbocycles. The highest BCUT2D eigenvalue weighted by Crippen LogP contribution is 2.31. The number of carbonyl (C=O) groups excluding carboxylic acids is 1. The summed E-state index contributed by atoms with van der Waals surface area (Å²) >= 11 is 1.65. The van der Waals surface area contributed by atoms with Crippen molar-refractivity contribution in [1.82, 2.24) is 14.8 Å². The van der Waals surface area contributed by atoms with Gasteiger partial charge in [-0.25, -0.2) is 4.98 Å². The fourth-order valence-corrected chi connectivity index (χ4v) is 4.97. The minimum absolute atomic E-state index is 0.0149. The molecule has 0 aliphatic carbocycles. The van der Waals surface area contributed by atoms with Gasteiger partial charge in [0.15, 0.2) is 0 Å². The molecule has 0 bridgehead atoms. The van der Waals surface area contributed by atoms with Crippen LogP contribution in [0.15, 0.2) is 29.8 Å². The number of benzene rings is 1. The van der Waals surface area contributed by atoms with Crippen LogP contribution < -0.4 is 5.73 Å². The van der Waals surface area contributed by atoms with Crippen molar-refractivity contribution < 1.29 is 9.53 Å². The molecule has 4 atom stereocenters. The minimum atomic E-state index is -0.208. The fourth-order valence-electron chi connectivity index (χ4n) is 4.16. The van der Waals surface area contributed by atoms with E-state index in [1.54, 1.807) is 18.4 Å². The van der Waals surface area contributed by atoms with Crippen molar-refractivity contribution in [2.45, 2.75) is 65.3 Å². The molecule has 1 fully saturated rings. The Morgan fingerprint density at radius 2 is 2.00 bits per heavy atom. The van der Waals surface area contributed by atoms with E-state index in [4.69, 9.17) is 10.5 Å². The number of nitrogens with zero attached hydrogens (tertiary/aromatic N) is 3. The van der Waals surface area contributed by atoms with Gasteiger partial charge < -0.3 is 15.4 Å². The second-order valence-corrected chi connectivity index (χ2v) is 10.9. The molecule has 1 amide bonds. The Hall–Kier alpha value is -1.80. The first-order valence-electron chi connectivity index (χ1n) is 11.3. The standard InChI is InChI=1S/C25H38N4O2S/c1-16-23(32-15-27-16)19-10-8-18(9-11-19)17(2)28(6)24(30)21-12-20(31-7)13-29(21)14-22(26)25(3,4)5/h8-11,15,17,20-22H,12-14,26H2,1-7H3/t17-,20+,21-,22+/m0/s1. The number of likely N-dealkylation sites (N-methyl/N-ethyl adjacent to an activating group) is 1. The third-order valence-electron chi connectivity index (χ3n) is 6.86. The van der Waals surface area contributed by atoms with E-state index in [0.29, 0.717) is 13.0 Å². The van der Waals surface area contributed by atoms with Crippen LogP contribution in [0.4, 0.5) is 0 Å². The predicted octanol–water partition coefficient (Wildman–Crippen LogP) is 4.10. The number of thiazole rings is 1. The number of amides is 1. The van der Waals surface area contributed by atoms with Crippen LogP contribution >= 0.6 is 11.3 Å². The number of carbonyl (C=O) groups is 1. The number of aromatic nitrogens is 1. The van der Waals surface area contributed by atoms with Crippen LogP contribution in [-0.4, -0.2) is 66.1 Å². The molecular formula is C25H38N4O2S. The van der Waals surface area contributed by atoms with Gasteiger partial charge >= 0.3 is 0 Å². The molecule has 0 spiro atoms. The average Bonchev–Trinajstić information content (AvgIpc) is 3.37. The quantitative estimate of drug-likeness (QED) is 0.676.